The van der Waals surface area contributed by atoms with Crippen LogP contribution in [0.3, 0.4) is 0 Å². The number of aliphatic carboxylic acids is 1. The van der Waals surface area contributed by atoms with E-state index in [2.05, 4.69) is 25.7 Å². The van der Waals surface area contributed by atoms with E-state index >= 15 is 0 Å². The van der Waals surface area contributed by atoms with Gasteiger partial charge in [-0.2, -0.15) is 0 Å². The minimum atomic E-state index is -0.624. The smallest absolute Gasteiger partial charge is 0.308 e. The standard InChI is InChI=1S/C12H21NO2/c1-7-6-11(7)9(3)13-5-4-10(8(13)2)12(14)15/h7-11H,4-6H2,1-3H3,(H,14,15). The molecule has 1 N–H and O–H groups in total. The van der Waals surface area contributed by atoms with E-state index < -0.39 is 5.97 Å². The first-order valence-corrected chi connectivity index (χ1v) is 6.01. The van der Waals surface area contributed by atoms with Gasteiger partial charge in [0.1, 0.15) is 0 Å². The summed E-state index contributed by atoms with van der Waals surface area (Å²) in [5, 5.41) is 9.06. The number of carboxylic acids is 1. The van der Waals surface area contributed by atoms with E-state index in [1.165, 1.54) is 6.42 Å². The lowest BCUT2D eigenvalue weighted by Gasteiger charge is -2.30. The van der Waals surface area contributed by atoms with Gasteiger partial charge in [-0.15, -0.1) is 0 Å². The zero-order chi connectivity index (χ0) is 11.2. The van der Waals surface area contributed by atoms with Crippen molar-refractivity contribution in [2.24, 2.45) is 17.8 Å². The summed E-state index contributed by atoms with van der Waals surface area (Å²) < 4.78 is 0. The van der Waals surface area contributed by atoms with Crippen molar-refractivity contribution in [2.75, 3.05) is 6.54 Å². The SMILES string of the molecule is CC1CC1C(C)N1CCC(C(=O)O)C1C. The third kappa shape index (κ3) is 1.89. The number of likely N-dealkylation sites (tertiary alicyclic amines) is 1. The van der Waals surface area contributed by atoms with Crippen molar-refractivity contribution >= 4 is 5.97 Å². The van der Waals surface area contributed by atoms with Gasteiger partial charge in [0.2, 0.25) is 0 Å². The Morgan fingerprint density at radius 1 is 1.47 bits per heavy atom. The first-order valence-electron chi connectivity index (χ1n) is 6.01. The average Bonchev–Trinajstić information content (AvgIpc) is 2.74. The number of hydrogen-bond donors (Lipinski definition) is 1. The summed E-state index contributed by atoms with van der Waals surface area (Å²) in [5.74, 6) is 0.874. The minimum absolute atomic E-state index is 0.151. The highest BCUT2D eigenvalue weighted by Gasteiger charge is 2.45. The van der Waals surface area contributed by atoms with Crippen LogP contribution < -0.4 is 0 Å². The van der Waals surface area contributed by atoms with Crippen LogP contribution in [-0.2, 0) is 4.79 Å². The molecule has 2 aliphatic rings. The van der Waals surface area contributed by atoms with Crippen LogP contribution >= 0.6 is 0 Å². The molecular formula is C12H21NO2. The number of rotatable bonds is 3. The topological polar surface area (TPSA) is 40.5 Å². The fraction of sp³-hybridized carbons (Fsp3) is 0.917. The highest BCUT2D eigenvalue weighted by molar-refractivity contribution is 5.71. The summed E-state index contributed by atoms with van der Waals surface area (Å²) in [6, 6.07) is 0.782. The van der Waals surface area contributed by atoms with Gasteiger partial charge < -0.3 is 5.11 Å². The third-order valence-corrected chi connectivity index (χ3v) is 4.44. The molecule has 1 aliphatic heterocycles. The van der Waals surface area contributed by atoms with Gasteiger partial charge in [0, 0.05) is 12.1 Å². The van der Waals surface area contributed by atoms with Crippen LogP contribution in [0.25, 0.3) is 0 Å². The molecule has 0 aromatic carbocycles. The molecule has 2 fully saturated rings. The average molecular weight is 211 g/mol. The molecule has 0 spiro atoms. The van der Waals surface area contributed by atoms with Crippen LogP contribution in [0.1, 0.15) is 33.6 Å². The Bertz CT molecular complexity index is 266. The fourth-order valence-corrected chi connectivity index (χ4v) is 3.14. The predicted octanol–water partition coefficient (Wildman–Crippen LogP) is 1.83. The molecule has 86 valence electrons. The summed E-state index contributed by atoms with van der Waals surface area (Å²) in [6.07, 6.45) is 2.14. The molecule has 0 bridgehead atoms. The molecule has 3 heteroatoms. The van der Waals surface area contributed by atoms with Gasteiger partial charge in [-0.25, -0.2) is 0 Å². The second-order valence-corrected chi connectivity index (χ2v) is 5.33. The molecule has 1 saturated carbocycles. The van der Waals surface area contributed by atoms with E-state index in [4.69, 9.17) is 5.11 Å². The first kappa shape index (κ1) is 10.9. The van der Waals surface area contributed by atoms with E-state index in [1.807, 2.05) is 0 Å². The molecule has 3 nitrogen and oxygen atoms in total. The van der Waals surface area contributed by atoms with Gasteiger partial charge >= 0.3 is 5.97 Å². The van der Waals surface area contributed by atoms with Gasteiger partial charge in [-0.3, -0.25) is 9.69 Å². The van der Waals surface area contributed by atoms with Gasteiger partial charge in [0.05, 0.1) is 5.92 Å². The summed E-state index contributed by atoms with van der Waals surface area (Å²) in [6.45, 7) is 7.57. The summed E-state index contributed by atoms with van der Waals surface area (Å²) in [5.41, 5.74) is 0. The van der Waals surface area contributed by atoms with Gasteiger partial charge in [-0.05, 0) is 45.1 Å². The van der Waals surface area contributed by atoms with Crippen LogP contribution in [0.15, 0.2) is 0 Å². The molecule has 5 atom stereocenters. The van der Waals surface area contributed by atoms with E-state index in [1.54, 1.807) is 0 Å². The summed E-state index contributed by atoms with van der Waals surface area (Å²) >= 11 is 0. The Morgan fingerprint density at radius 3 is 2.47 bits per heavy atom. The molecule has 0 radical (unpaired) electrons. The highest BCUT2D eigenvalue weighted by atomic mass is 16.4. The van der Waals surface area contributed by atoms with Crippen LogP contribution in [-0.4, -0.2) is 34.6 Å². The maximum atomic E-state index is 11.0. The molecule has 15 heavy (non-hydrogen) atoms. The van der Waals surface area contributed by atoms with Crippen molar-refractivity contribution in [2.45, 2.75) is 45.7 Å². The number of carboxylic acid groups (broad SMARTS) is 1. The van der Waals surface area contributed by atoms with Crippen molar-refractivity contribution in [1.29, 1.82) is 0 Å². The molecule has 0 aromatic rings. The van der Waals surface area contributed by atoms with Gasteiger partial charge in [0.25, 0.3) is 0 Å². The van der Waals surface area contributed by atoms with Gasteiger partial charge in [-0.1, -0.05) is 6.92 Å². The molecule has 1 saturated heterocycles. The quantitative estimate of drug-likeness (QED) is 0.774. The lowest BCUT2D eigenvalue weighted by molar-refractivity contribution is -0.142. The number of hydrogen-bond acceptors (Lipinski definition) is 2. The van der Waals surface area contributed by atoms with E-state index in [0.717, 1.165) is 24.8 Å². The lowest BCUT2D eigenvalue weighted by atomic mass is 10.0. The Morgan fingerprint density at radius 2 is 2.07 bits per heavy atom. The Kier molecular flexibility index (Phi) is 2.75. The van der Waals surface area contributed by atoms with Crippen LogP contribution in [0, 0.1) is 17.8 Å². The Balaban J connectivity index is 1.97. The highest BCUT2D eigenvalue weighted by Crippen LogP contribution is 2.44. The van der Waals surface area contributed by atoms with Crippen molar-refractivity contribution < 1.29 is 9.90 Å². The van der Waals surface area contributed by atoms with Crippen LogP contribution in [0.5, 0.6) is 0 Å². The second-order valence-electron chi connectivity index (χ2n) is 5.33. The second kappa shape index (κ2) is 3.78. The normalized spacial score (nSPS) is 42.9. The van der Waals surface area contributed by atoms with E-state index in [9.17, 15) is 4.79 Å². The van der Waals surface area contributed by atoms with Crippen molar-refractivity contribution in [3.8, 4) is 0 Å². The molecule has 1 aliphatic carbocycles. The Labute approximate surface area is 91.5 Å². The molecule has 0 aromatic heterocycles. The lowest BCUT2D eigenvalue weighted by Crippen LogP contribution is -2.40. The summed E-state index contributed by atoms with van der Waals surface area (Å²) in [4.78, 5) is 13.4. The fourth-order valence-electron chi connectivity index (χ4n) is 3.14. The molecule has 2 rings (SSSR count). The third-order valence-electron chi connectivity index (χ3n) is 4.44. The summed E-state index contributed by atoms with van der Waals surface area (Å²) in [7, 11) is 0. The van der Waals surface area contributed by atoms with E-state index in [-0.39, 0.29) is 12.0 Å². The number of carbonyl (C=O) groups is 1. The molecule has 1 heterocycles. The van der Waals surface area contributed by atoms with Crippen molar-refractivity contribution in [3.05, 3.63) is 0 Å². The monoisotopic (exact) mass is 211 g/mol. The molecule has 0 amide bonds. The maximum Gasteiger partial charge on any atom is 0.308 e. The molecular weight excluding hydrogens is 190 g/mol. The van der Waals surface area contributed by atoms with E-state index in [0.29, 0.717) is 6.04 Å². The minimum Gasteiger partial charge on any atom is -0.481 e. The van der Waals surface area contributed by atoms with Gasteiger partial charge in [0.15, 0.2) is 0 Å². The number of nitrogens with zero attached hydrogens (tertiary/aromatic N) is 1. The van der Waals surface area contributed by atoms with Crippen LogP contribution in [0.2, 0.25) is 0 Å². The maximum absolute atomic E-state index is 11.0. The Hall–Kier alpha value is -0.570. The molecule has 5 unspecified atom stereocenters. The zero-order valence-electron chi connectivity index (χ0n) is 9.81. The largest absolute Gasteiger partial charge is 0.481 e. The van der Waals surface area contributed by atoms with Crippen LogP contribution in [0.4, 0.5) is 0 Å². The van der Waals surface area contributed by atoms with Crippen molar-refractivity contribution in [1.82, 2.24) is 4.90 Å². The predicted molar refractivity (Wildman–Crippen MR) is 58.6 cm³/mol. The zero-order valence-corrected chi connectivity index (χ0v) is 9.81. The van der Waals surface area contributed by atoms with Crippen molar-refractivity contribution in [3.63, 3.8) is 0 Å². The first-order chi connectivity index (χ1) is 7.02.